The summed E-state index contributed by atoms with van der Waals surface area (Å²) in [5, 5.41) is 0. The second kappa shape index (κ2) is 6.98. The molecular weight excluding hydrogens is 268 g/mol. The van der Waals surface area contributed by atoms with Gasteiger partial charge < -0.3 is 4.74 Å². The predicted molar refractivity (Wildman–Crippen MR) is 65.8 cm³/mol. The topological polar surface area (TPSA) is 9.23 Å². The van der Waals surface area contributed by atoms with Crippen molar-refractivity contribution >= 4 is 12.6 Å². The van der Waals surface area contributed by atoms with Crippen LogP contribution in [0.5, 0.6) is 0 Å². The van der Waals surface area contributed by atoms with Crippen molar-refractivity contribution in [3.05, 3.63) is 0 Å². The number of halogens is 4. The van der Waals surface area contributed by atoms with E-state index < -0.39 is 19.0 Å². The van der Waals surface area contributed by atoms with E-state index in [1.807, 2.05) is 0 Å². The molecule has 0 bridgehead atoms. The van der Waals surface area contributed by atoms with Crippen molar-refractivity contribution in [2.75, 3.05) is 19.0 Å². The van der Waals surface area contributed by atoms with Gasteiger partial charge in [-0.25, -0.2) is 8.78 Å². The maximum atomic E-state index is 12.7. The summed E-state index contributed by atoms with van der Waals surface area (Å²) in [4.78, 5) is 0. The lowest BCUT2D eigenvalue weighted by atomic mass is 9.83. The van der Waals surface area contributed by atoms with Crippen LogP contribution < -0.4 is 0 Å². The van der Waals surface area contributed by atoms with E-state index in [1.165, 1.54) is 0 Å². The molecule has 0 radical (unpaired) electrons. The van der Waals surface area contributed by atoms with E-state index >= 15 is 0 Å². The van der Waals surface area contributed by atoms with E-state index in [0.717, 1.165) is 38.5 Å². The number of ether oxygens (including phenoxy) is 1. The Labute approximate surface area is 111 Å². The Kier molecular flexibility index (Phi) is 6.24. The molecule has 1 aliphatic carbocycles. The minimum absolute atomic E-state index is 0.0960. The lowest BCUT2D eigenvalue weighted by Gasteiger charge is -2.31. The molecule has 1 nitrogen and oxygen atoms in total. The van der Waals surface area contributed by atoms with Gasteiger partial charge in [-0.1, -0.05) is 25.7 Å². The third-order valence-electron chi connectivity index (χ3n) is 3.52. The van der Waals surface area contributed by atoms with Crippen LogP contribution in [0.1, 0.15) is 38.5 Å². The van der Waals surface area contributed by atoms with Crippen LogP contribution in [0, 0.1) is 5.41 Å². The third-order valence-corrected chi connectivity index (χ3v) is 4.19. The normalized spacial score (nSPS) is 21.0. The highest BCUT2D eigenvalue weighted by Gasteiger charge is 2.42. The zero-order chi connectivity index (χ0) is 13.6. The van der Waals surface area contributed by atoms with Crippen molar-refractivity contribution in [3.8, 4) is 0 Å². The lowest BCUT2D eigenvalue weighted by molar-refractivity contribution is -0.171. The summed E-state index contributed by atoms with van der Waals surface area (Å²) in [6.45, 7) is -1.11. The van der Waals surface area contributed by atoms with Gasteiger partial charge in [-0.15, -0.1) is 0 Å². The van der Waals surface area contributed by atoms with Gasteiger partial charge in [0, 0.05) is 5.41 Å². The van der Waals surface area contributed by atoms with Crippen LogP contribution in [-0.4, -0.2) is 31.3 Å². The number of hydrogen-bond donors (Lipinski definition) is 1. The van der Waals surface area contributed by atoms with Gasteiger partial charge in [0.1, 0.15) is 6.61 Å². The molecule has 0 atom stereocenters. The molecule has 1 rings (SSSR count). The van der Waals surface area contributed by atoms with Crippen LogP contribution >= 0.6 is 12.6 Å². The average Bonchev–Trinajstić information content (AvgIpc) is 2.55. The number of thiol groups is 1. The quantitative estimate of drug-likeness (QED) is 0.438. The van der Waals surface area contributed by atoms with Crippen molar-refractivity contribution in [1.29, 1.82) is 0 Å². The molecule has 0 aromatic heterocycles. The molecule has 0 aromatic rings. The van der Waals surface area contributed by atoms with Gasteiger partial charge in [-0.05, 0) is 18.6 Å². The Balaban J connectivity index is 2.43. The summed E-state index contributed by atoms with van der Waals surface area (Å²) >= 11 is 4.27. The smallest absolute Gasteiger partial charge is 0.330 e. The highest BCUT2D eigenvalue weighted by atomic mass is 32.1. The maximum absolute atomic E-state index is 12.7. The minimum Gasteiger partial charge on any atom is -0.374 e. The van der Waals surface area contributed by atoms with Crippen LogP contribution in [0.3, 0.4) is 0 Å². The van der Waals surface area contributed by atoms with E-state index in [1.54, 1.807) is 0 Å². The Morgan fingerprint density at radius 3 is 2.11 bits per heavy atom. The number of alkyl halides is 4. The summed E-state index contributed by atoms with van der Waals surface area (Å²) < 4.78 is 54.3. The largest absolute Gasteiger partial charge is 0.374 e. The van der Waals surface area contributed by atoms with E-state index in [4.69, 9.17) is 4.74 Å². The minimum atomic E-state index is -4.05. The molecule has 1 aliphatic rings. The molecule has 0 N–H and O–H groups in total. The monoisotopic (exact) mass is 288 g/mol. The number of hydrogen-bond acceptors (Lipinski definition) is 2. The summed E-state index contributed by atoms with van der Waals surface area (Å²) in [5.74, 6) is -3.50. The molecule has 0 saturated heterocycles. The molecule has 108 valence electrons. The first-order chi connectivity index (χ1) is 8.42. The van der Waals surface area contributed by atoms with Crippen LogP contribution in [0.2, 0.25) is 0 Å². The van der Waals surface area contributed by atoms with E-state index in [-0.39, 0.29) is 12.0 Å². The van der Waals surface area contributed by atoms with Crippen LogP contribution in [0.4, 0.5) is 17.6 Å². The van der Waals surface area contributed by atoms with E-state index in [2.05, 4.69) is 12.6 Å². The lowest BCUT2D eigenvalue weighted by Crippen LogP contribution is -2.36. The Morgan fingerprint density at radius 1 is 1.11 bits per heavy atom. The molecule has 0 heterocycles. The van der Waals surface area contributed by atoms with Crippen LogP contribution in [0.25, 0.3) is 0 Å². The molecule has 0 unspecified atom stereocenters. The zero-order valence-corrected chi connectivity index (χ0v) is 11.2. The van der Waals surface area contributed by atoms with Gasteiger partial charge in [0.2, 0.25) is 0 Å². The van der Waals surface area contributed by atoms with Gasteiger partial charge >= 0.3 is 12.3 Å². The summed E-state index contributed by atoms with van der Waals surface area (Å²) in [5.41, 5.74) is -0.224. The number of rotatable bonds is 6. The van der Waals surface area contributed by atoms with Crippen molar-refractivity contribution in [2.45, 2.75) is 50.9 Å². The van der Waals surface area contributed by atoms with Gasteiger partial charge in [-0.2, -0.15) is 21.4 Å². The highest BCUT2D eigenvalue weighted by Crippen LogP contribution is 2.37. The van der Waals surface area contributed by atoms with Crippen LogP contribution in [0.15, 0.2) is 0 Å². The molecule has 0 aromatic carbocycles. The van der Waals surface area contributed by atoms with E-state index in [9.17, 15) is 17.6 Å². The Hall–Kier alpha value is 0.0300. The van der Waals surface area contributed by atoms with Gasteiger partial charge in [0.05, 0.1) is 6.61 Å². The van der Waals surface area contributed by atoms with Crippen LogP contribution in [-0.2, 0) is 4.74 Å². The molecule has 18 heavy (non-hydrogen) atoms. The molecule has 0 spiro atoms. The average molecular weight is 288 g/mol. The summed E-state index contributed by atoms with van der Waals surface area (Å²) in [7, 11) is 0. The molecule has 0 amide bonds. The zero-order valence-electron chi connectivity index (χ0n) is 10.3. The first-order valence-electron chi connectivity index (χ1n) is 6.26. The Morgan fingerprint density at radius 2 is 1.67 bits per heavy atom. The molecule has 1 fully saturated rings. The second-order valence-corrected chi connectivity index (χ2v) is 5.44. The predicted octanol–water partition coefficient (Wildman–Crippen LogP) is 4.17. The van der Waals surface area contributed by atoms with Gasteiger partial charge in [0.25, 0.3) is 0 Å². The van der Waals surface area contributed by atoms with Crippen molar-refractivity contribution in [3.63, 3.8) is 0 Å². The maximum Gasteiger partial charge on any atom is 0.330 e. The Bertz CT molecular complexity index is 240. The molecular formula is C12H20F4OS. The standard InChI is InChI=1S/C12H20F4OS/c13-10(14)12(15,16)8-17-7-11(9-18)5-3-1-2-4-6-11/h10,18H,1-9H2. The molecule has 6 heteroatoms. The van der Waals surface area contributed by atoms with E-state index in [0.29, 0.717) is 5.75 Å². The first-order valence-corrected chi connectivity index (χ1v) is 6.90. The third kappa shape index (κ3) is 4.61. The summed E-state index contributed by atoms with van der Waals surface area (Å²) in [6, 6.07) is 0. The highest BCUT2D eigenvalue weighted by molar-refractivity contribution is 7.80. The van der Waals surface area contributed by atoms with Crippen molar-refractivity contribution < 1.29 is 22.3 Å². The fraction of sp³-hybridized carbons (Fsp3) is 1.00. The van der Waals surface area contributed by atoms with Gasteiger partial charge in [0.15, 0.2) is 0 Å². The fourth-order valence-electron chi connectivity index (χ4n) is 2.29. The van der Waals surface area contributed by atoms with Crippen molar-refractivity contribution in [2.24, 2.45) is 5.41 Å². The first kappa shape index (κ1) is 16.1. The SMILES string of the molecule is FC(F)C(F)(F)COCC1(CS)CCCCCC1. The second-order valence-electron chi connectivity index (χ2n) is 5.13. The van der Waals surface area contributed by atoms with Crippen molar-refractivity contribution in [1.82, 2.24) is 0 Å². The molecule has 0 aliphatic heterocycles. The fourth-order valence-corrected chi connectivity index (χ4v) is 2.70. The van der Waals surface area contributed by atoms with Gasteiger partial charge in [-0.3, -0.25) is 0 Å². The molecule has 1 saturated carbocycles. The summed E-state index contributed by atoms with van der Waals surface area (Å²) in [6.07, 6.45) is 2.38.